The minimum Gasteiger partial charge on any atom is -0.206 e. The van der Waals surface area contributed by atoms with Gasteiger partial charge in [-0.05, 0) is 36.1 Å². The molecule has 18 heavy (non-hydrogen) atoms. The third-order valence-corrected chi connectivity index (χ3v) is 4.50. The molecule has 0 saturated carbocycles. The van der Waals surface area contributed by atoms with Crippen molar-refractivity contribution in [3.63, 3.8) is 0 Å². The molecule has 0 amide bonds. The molecule has 3 heteroatoms. The van der Waals surface area contributed by atoms with E-state index in [0.717, 1.165) is 11.1 Å². The predicted molar refractivity (Wildman–Crippen MR) is 70.8 cm³/mol. The molecule has 0 N–H and O–H groups in total. The number of aryl methyl sites for hydroxylation is 2. The molecule has 0 atom stereocenters. The molecule has 0 aromatic heterocycles. The number of hydrogen-bond donors (Lipinski definition) is 0. The van der Waals surface area contributed by atoms with E-state index >= 15 is 0 Å². The van der Waals surface area contributed by atoms with Crippen LogP contribution in [-0.2, 0) is 5.75 Å². The van der Waals surface area contributed by atoms with Crippen molar-refractivity contribution in [2.24, 2.45) is 0 Å². The van der Waals surface area contributed by atoms with E-state index in [0.29, 0.717) is 27.3 Å². The molecule has 0 unspecified atom stereocenters. The molecule has 1 heterocycles. The quantitative estimate of drug-likeness (QED) is 0.653. The summed E-state index contributed by atoms with van der Waals surface area (Å²) < 4.78 is 28.1. The first-order valence-electron chi connectivity index (χ1n) is 5.80. The Balaban J connectivity index is 2.31. The highest BCUT2D eigenvalue weighted by Gasteiger charge is 2.23. The Morgan fingerprint density at radius 2 is 1.50 bits per heavy atom. The van der Waals surface area contributed by atoms with Gasteiger partial charge in [0.1, 0.15) is 11.6 Å². The van der Waals surface area contributed by atoms with E-state index in [9.17, 15) is 8.78 Å². The van der Waals surface area contributed by atoms with E-state index in [4.69, 9.17) is 0 Å². The second kappa shape index (κ2) is 4.09. The summed E-state index contributed by atoms with van der Waals surface area (Å²) in [5.74, 6) is 0.159. The van der Waals surface area contributed by atoms with Gasteiger partial charge in [0.25, 0.3) is 0 Å². The lowest BCUT2D eigenvalue weighted by Gasteiger charge is -2.21. The van der Waals surface area contributed by atoms with Crippen molar-refractivity contribution in [2.75, 3.05) is 0 Å². The van der Waals surface area contributed by atoms with Crippen LogP contribution < -0.4 is 0 Å². The lowest BCUT2D eigenvalue weighted by atomic mass is 9.96. The summed E-state index contributed by atoms with van der Waals surface area (Å²) in [5, 5.41) is 0. The number of benzene rings is 2. The molecule has 2 aromatic carbocycles. The van der Waals surface area contributed by atoms with Crippen molar-refractivity contribution in [3.8, 4) is 11.1 Å². The molecule has 1 aliphatic rings. The zero-order valence-electron chi connectivity index (χ0n) is 10.2. The molecule has 0 fully saturated rings. The lowest BCUT2D eigenvalue weighted by Crippen LogP contribution is -2.03. The highest BCUT2D eigenvalue weighted by molar-refractivity contribution is 7.98. The standard InChI is InChI=1S/C15H12F2S/c1-8-3-5-10-11-6-4-9(2)14(17)15(11)18-7-12(10)13(8)16/h3-6H,7H2,1-2H3. The highest BCUT2D eigenvalue weighted by atomic mass is 32.2. The largest absolute Gasteiger partial charge is 0.206 e. The molecule has 1 aliphatic heterocycles. The smallest absolute Gasteiger partial charge is 0.140 e. The Bertz CT molecular complexity index is 590. The Kier molecular flexibility index (Phi) is 2.67. The zero-order chi connectivity index (χ0) is 12.9. The van der Waals surface area contributed by atoms with Crippen molar-refractivity contribution in [1.82, 2.24) is 0 Å². The lowest BCUT2D eigenvalue weighted by molar-refractivity contribution is 0.591. The van der Waals surface area contributed by atoms with Gasteiger partial charge in [0.15, 0.2) is 0 Å². The van der Waals surface area contributed by atoms with E-state index in [1.165, 1.54) is 11.8 Å². The van der Waals surface area contributed by atoms with Crippen LogP contribution >= 0.6 is 11.8 Å². The monoisotopic (exact) mass is 262 g/mol. The molecule has 0 radical (unpaired) electrons. The van der Waals surface area contributed by atoms with Crippen molar-refractivity contribution < 1.29 is 8.78 Å². The molecular weight excluding hydrogens is 250 g/mol. The van der Waals surface area contributed by atoms with Crippen LogP contribution in [0.15, 0.2) is 29.2 Å². The SMILES string of the molecule is Cc1ccc2c(c1F)CSc1c-2ccc(C)c1F. The van der Waals surface area contributed by atoms with Crippen LogP contribution in [0.3, 0.4) is 0 Å². The maximum absolute atomic E-state index is 14.1. The van der Waals surface area contributed by atoms with Gasteiger partial charge in [0.05, 0.1) is 4.90 Å². The third kappa shape index (κ3) is 1.57. The first-order chi connectivity index (χ1) is 8.59. The summed E-state index contributed by atoms with van der Waals surface area (Å²) in [7, 11) is 0. The van der Waals surface area contributed by atoms with Crippen LogP contribution in [-0.4, -0.2) is 0 Å². The van der Waals surface area contributed by atoms with Gasteiger partial charge in [-0.1, -0.05) is 24.3 Å². The van der Waals surface area contributed by atoms with Crippen molar-refractivity contribution >= 4 is 11.8 Å². The maximum Gasteiger partial charge on any atom is 0.140 e. The van der Waals surface area contributed by atoms with Gasteiger partial charge < -0.3 is 0 Å². The van der Waals surface area contributed by atoms with Crippen molar-refractivity contribution in [2.45, 2.75) is 24.5 Å². The van der Waals surface area contributed by atoms with Gasteiger partial charge in [-0.15, -0.1) is 11.8 Å². The van der Waals surface area contributed by atoms with Crippen LogP contribution in [0.2, 0.25) is 0 Å². The van der Waals surface area contributed by atoms with Gasteiger partial charge in [-0.25, -0.2) is 8.78 Å². The van der Waals surface area contributed by atoms with Gasteiger partial charge >= 0.3 is 0 Å². The first-order valence-corrected chi connectivity index (χ1v) is 6.78. The van der Waals surface area contributed by atoms with Gasteiger partial charge in [0.2, 0.25) is 0 Å². The van der Waals surface area contributed by atoms with Crippen LogP contribution in [0.1, 0.15) is 16.7 Å². The fourth-order valence-electron chi connectivity index (χ4n) is 2.28. The molecule has 92 valence electrons. The number of thioether (sulfide) groups is 1. The summed E-state index contributed by atoms with van der Waals surface area (Å²) >= 11 is 1.38. The molecule has 2 aromatic rings. The molecule has 3 rings (SSSR count). The summed E-state index contributed by atoms with van der Waals surface area (Å²) in [6, 6.07) is 7.28. The van der Waals surface area contributed by atoms with Crippen LogP contribution in [0.4, 0.5) is 8.78 Å². The summed E-state index contributed by atoms with van der Waals surface area (Å²) in [6.07, 6.45) is 0. The Hall–Kier alpha value is -1.35. The number of halogens is 2. The van der Waals surface area contributed by atoms with Crippen LogP contribution in [0.5, 0.6) is 0 Å². The molecular formula is C15H12F2S. The van der Waals surface area contributed by atoms with E-state index in [1.807, 2.05) is 12.1 Å². The Morgan fingerprint density at radius 1 is 0.889 bits per heavy atom. The van der Waals surface area contributed by atoms with Gasteiger partial charge in [-0.3, -0.25) is 0 Å². The van der Waals surface area contributed by atoms with Crippen molar-refractivity contribution in [3.05, 3.63) is 52.6 Å². The minimum absolute atomic E-state index is 0.161. The Labute approximate surface area is 109 Å². The van der Waals surface area contributed by atoms with Gasteiger partial charge in [-0.2, -0.15) is 0 Å². The van der Waals surface area contributed by atoms with Crippen LogP contribution in [0.25, 0.3) is 11.1 Å². The minimum atomic E-state index is -0.177. The summed E-state index contributed by atoms with van der Waals surface area (Å²) in [6.45, 7) is 3.51. The van der Waals surface area contributed by atoms with E-state index in [-0.39, 0.29) is 11.6 Å². The first kappa shape index (κ1) is 11.7. The third-order valence-electron chi connectivity index (χ3n) is 3.38. The van der Waals surface area contributed by atoms with E-state index in [1.54, 1.807) is 26.0 Å². The fourth-order valence-corrected chi connectivity index (χ4v) is 3.48. The van der Waals surface area contributed by atoms with E-state index < -0.39 is 0 Å². The molecule has 0 aliphatic carbocycles. The topological polar surface area (TPSA) is 0 Å². The second-order valence-electron chi connectivity index (χ2n) is 4.58. The molecule has 0 bridgehead atoms. The average Bonchev–Trinajstić information content (AvgIpc) is 2.38. The molecule has 0 nitrogen and oxygen atoms in total. The van der Waals surface area contributed by atoms with Crippen LogP contribution in [0, 0.1) is 25.5 Å². The number of rotatable bonds is 0. The van der Waals surface area contributed by atoms with E-state index in [2.05, 4.69) is 0 Å². The molecule has 0 saturated heterocycles. The fraction of sp³-hybridized carbons (Fsp3) is 0.200. The highest BCUT2D eigenvalue weighted by Crippen LogP contribution is 2.44. The normalized spacial score (nSPS) is 13.1. The Morgan fingerprint density at radius 3 is 2.22 bits per heavy atom. The summed E-state index contributed by atoms with van der Waals surface area (Å²) in [4.78, 5) is 0.644. The zero-order valence-corrected chi connectivity index (χ0v) is 11.0. The maximum atomic E-state index is 14.1. The molecule has 0 spiro atoms. The summed E-state index contributed by atoms with van der Waals surface area (Å²) in [5.41, 5.74) is 3.60. The number of hydrogen-bond acceptors (Lipinski definition) is 1. The van der Waals surface area contributed by atoms with Crippen molar-refractivity contribution in [1.29, 1.82) is 0 Å². The second-order valence-corrected chi connectivity index (χ2v) is 5.57. The van der Waals surface area contributed by atoms with Gasteiger partial charge in [0, 0.05) is 11.3 Å². The average molecular weight is 262 g/mol. The number of fused-ring (bicyclic) bond motifs is 3. The predicted octanol–water partition coefficient (Wildman–Crippen LogP) is 4.85.